The van der Waals surface area contributed by atoms with Crippen molar-refractivity contribution in [3.63, 3.8) is 0 Å². The van der Waals surface area contributed by atoms with Crippen molar-refractivity contribution < 1.29 is 0 Å². The molecule has 88 valence electrons. The monoisotopic (exact) mass is 240 g/mol. The lowest BCUT2D eigenvalue weighted by atomic mass is 10.1. The molecule has 4 nitrogen and oxygen atoms in total. The molecule has 5 heteroatoms. The van der Waals surface area contributed by atoms with E-state index in [9.17, 15) is 0 Å². The number of nitrogens with zero attached hydrogens (tertiary/aromatic N) is 3. The maximum Gasteiger partial charge on any atom is 0.222 e. The van der Waals surface area contributed by atoms with Gasteiger partial charge < -0.3 is 5.32 Å². The Labute approximate surface area is 101 Å². The predicted molar refractivity (Wildman–Crippen MR) is 64.4 cm³/mol. The minimum absolute atomic E-state index is 0.327. The van der Waals surface area contributed by atoms with E-state index in [4.69, 9.17) is 11.6 Å². The molecule has 0 aliphatic carbocycles. The maximum absolute atomic E-state index is 5.76. The quantitative estimate of drug-likeness (QED) is 0.809. The van der Waals surface area contributed by atoms with E-state index in [1.165, 1.54) is 12.8 Å². The van der Waals surface area contributed by atoms with E-state index in [2.05, 4.69) is 27.2 Å². The van der Waals surface area contributed by atoms with E-state index in [1.807, 2.05) is 6.07 Å². The maximum atomic E-state index is 5.76. The second-order valence-electron chi connectivity index (χ2n) is 4.23. The highest BCUT2D eigenvalue weighted by Gasteiger charge is 2.17. The molecule has 0 spiro atoms. The zero-order valence-electron chi connectivity index (χ0n) is 9.49. The first-order valence-electron chi connectivity index (χ1n) is 5.64. The molecular weight excluding hydrogens is 224 g/mol. The van der Waals surface area contributed by atoms with E-state index in [1.54, 1.807) is 6.20 Å². The number of hydrogen-bond donors (Lipinski definition) is 1. The fourth-order valence-electron chi connectivity index (χ4n) is 2.05. The van der Waals surface area contributed by atoms with Crippen LogP contribution in [0, 0.1) is 0 Å². The summed E-state index contributed by atoms with van der Waals surface area (Å²) in [5.74, 6) is 0. The number of hydrogen-bond acceptors (Lipinski definition) is 4. The highest BCUT2D eigenvalue weighted by molar-refractivity contribution is 6.28. The lowest BCUT2D eigenvalue weighted by Crippen LogP contribution is -2.43. The number of likely N-dealkylation sites (N-methyl/N-ethyl adjacent to an activating group) is 1. The highest BCUT2D eigenvalue weighted by Crippen LogP contribution is 2.11. The molecule has 1 saturated heterocycles. The summed E-state index contributed by atoms with van der Waals surface area (Å²) in [6.45, 7) is 3.04. The molecule has 0 amide bonds. The second kappa shape index (κ2) is 5.57. The van der Waals surface area contributed by atoms with Crippen LogP contribution in [-0.2, 0) is 6.54 Å². The fraction of sp³-hybridized carbons (Fsp3) is 0.636. The normalized spacial score (nSPS) is 21.3. The van der Waals surface area contributed by atoms with Gasteiger partial charge >= 0.3 is 0 Å². The average molecular weight is 241 g/mol. The zero-order chi connectivity index (χ0) is 11.4. The molecule has 0 saturated carbocycles. The molecular formula is C11H17ClN4. The molecule has 0 radical (unpaired) electrons. The van der Waals surface area contributed by atoms with Crippen molar-refractivity contribution in [1.29, 1.82) is 0 Å². The minimum atomic E-state index is 0.327. The summed E-state index contributed by atoms with van der Waals surface area (Å²) in [7, 11) is 2.13. The van der Waals surface area contributed by atoms with Crippen LogP contribution in [0.15, 0.2) is 12.3 Å². The van der Waals surface area contributed by atoms with E-state index in [-0.39, 0.29) is 0 Å². The Morgan fingerprint density at radius 3 is 3.19 bits per heavy atom. The smallest absolute Gasteiger partial charge is 0.222 e. The van der Waals surface area contributed by atoms with Crippen LogP contribution in [0.25, 0.3) is 0 Å². The third-order valence-corrected chi connectivity index (χ3v) is 3.17. The number of aromatic nitrogens is 2. The van der Waals surface area contributed by atoms with E-state index in [0.717, 1.165) is 25.3 Å². The summed E-state index contributed by atoms with van der Waals surface area (Å²) in [6, 6.07) is 2.51. The number of nitrogens with one attached hydrogen (secondary N) is 1. The standard InChI is InChI=1S/C11H17ClN4/c1-16(10-3-2-5-13-7-10)8-9-4-6-14-11(12)15-9/h4,6,10,13H,2-3,5,7-8H2,1H3/t10-/m1/s1. The second-order valence-corrected chi connectivity index (χ2v) is 4.57. The molecule has 1 N–H and O–H groups in total. The van der Waals surface area contributed by atoms with Gasteiger partial charge in [0.15, 0.2) is 0 Å². The first-order chi connectivity index (χ1) is 7.75. The average Bonchev–Trinajstić information content (AvgIpc) is 2.30. The molecule has 0 aromatic carbocycles. The van der Waals surface area contributed by atoms with Crippen molar-refractivity contribution in [2.24, 2.45) is 0 Å². The van der Waals surface area contributed by atoms with Crippen molar-refractivity contribution in [2.75, 3.05) is 20.1 Å². The van der Waals surface area contributed by atoms with Crippen LogP contribution >= 0.6 is 11.6 Å². The van der Waals surface area contributed by atoms with Gasteiger partial charge in [-0.2, -0.15) is 0 Å². The van der Waals surface area contributed by atoms with Crippen LogP contribution in [-0.4, -0.2) is 41.0 Å². The van der Waals surface area contributed by atoms with Gasteiger partial charge in [-0.3, -0.25) is 4.90 Å². The Morgan fingerprint density at radius 1 is 1.62 bits per heavy atom. The van der Waals surface area contributed by atoms with Crippen LogP contribution in [0.5, 0.6) is 0 Å². The SMILES string of the molecule is CN(Cc1ccnc(Cl)n1)[C@@H]1CCCNC1. The minimum Gasteiger partial charge on any atom is -0.315 e. The third-order valence-electron chi connectivity index (χ3n) is 2.99. The summed E-state index contributed by atoms with van der Waals surface area (Å²) in [4.78, 5) is 10.4. The summed E-state index contributed by atoms with van der Waals surface area (Å²) in [6.07, 6.45) is 4.21. The van der Waals surface area contributed by atoms with E-state index >= 15 is 0 Å². The molecule has 2 heterocycles. The first kappa shape index (κ1) is 11.8. The number of halogens is 1. The molecule has 1 aromatic rings. The molecule has 1 fully saturated rings. The van der Waals surface area contributed by atoms with Gasteiger partial charge in [0, 0.05) is 25.3 Å². The molecule has 16 heavy (non-hydrogen) atoms. The van der Waals surface area contributed by atoms with Gasteiger partial charge in [0.1, 0.15) is 0 Å². The van der Waals surface area contributed by atoms with Crippen molar-refractivity contribution in [3.8, 4) is 0 Å². The Morgan fingerprint density at radius 2 is 2.50 bits per heavy atom. The predicted octanol–water partition coefficient (Wildman–Crippen LogP) is 1.31. The van der Waals surface area contributed by atoms with Crippen LogP contribution in [0.3, 0.4) is 0 Å². The Balaban J connectivity index is 1.93. The van der Waals surface area contributed by atoms with Crippen LogP contribution in [0.2, 0.25) is 5.28 Å². The Hall–Kier alpha value is -0.710. The van der Waals surface area contributed by atoms with Gasteiger partial charge in [-0.25, -0.2) is 9.97 Å². The van der Waals surface area contributed by atoms with Crippen molar-refractivity contribution in [3.05, 3.63) is 23.2 Å². The Bertz CT molecular complexity index is 339. The lowest BCUT2D eigenvalue weighted by molar-refractivity contribution is 0.194. The zero-order valence-corrected chi connectivity index (χ0v) is 10.2. The van der Waals surface area contributed by atoms with Gasteiger partial charge in [-0.05, 0) is 44.1 Å². The highest BCUT2D eigenvalue weighted by atomic mass is 35.5. The van der Waals surface area contributed by atoms with Gasteiger partial charge in [0.05, 0.1) is 5.69 Å². The van der Waals surface area contributed by atoms with Gasteiger partial charge in [0.25, 0.3) is 0 Å². The summed E-state index contributed by atoms with van der Waals surface area (Å²) < 4.78 is 0. The summed E-state index contributed by atoms with van der Waals surface area (Å²) in [5, 5.41) is 3.74. The molecule has 1 aliphatic heterocycles. The van der Waals surface area contributed by atoms with Crippen LogP contribution in [0.4, 0.5) is 0 Å². The molecule has 0 unspecified atom stereocenters. The van der Waals surface area contributed by atoms with E-state index in [0.29, 0.717) is 11.3 Å². The molecule has 0 bridgehead atoms. The van der Waals surface area contributed by atoms with Crippen molar-refractivity contribution in [2.45, 2.75) is 25.4 Å². The van der Waals surface area contributed by atoms with Crippen LogP contribution < -0.4 is 5.32 Å². The lowest BCUT2D eigenvalue weighted by Gasteiger charge is -2.31. The van der Waals surface area contributed by atoms with E-state index < -0.39 is 0 Å². The topological polar surface area (TPSA) is 41.1 Å². The van der Waals surface area contributed by atoms with Gasteiger partial charge in [-0.1, -0.05) is 0 Å². The summed E-state index contributed by atoms with van der Waals surface area (Å²) >= 11 is 5.76. The molecule has 1 aromatic heterocycles. The van der Waals surface area contributed by atoms with Crippen LogP contribution in [0.1, 0.15) is 18.5 Å². The number of piperidine rings is 1. The first-order valence-corrected chi connectivity index (χ1v) is 6.02. The van der Waals surface area contributed by atoms with Crippen molar-refractivity contribution in [1.82, 2.24) is 20.2 Å². The summed E-state index contributed by atoms with van der Waals surface area (Å²) in [5.41, 5.74) is 0.980. The van der Waals surface area contributed by atoms with Gasteiger partial charge in [-0.15, -0.1) is 0 Å². The van der Waals surface area contributed by atoms with Gasteiger partial charge in [0.2, 0.25) is 5.28 Å². The molecule has 1 aliphatic rings. The Kier molecular flexibility index (Phi) is 4.09. The third kappa shape index (κ3) is 3.14. The van der Waals surface area contributed by atoms with Crippen molar-refractivity contribution >= 4 is 11.6 Å². The molecule has 2 rings (SSSR count). The largest absolute Gasteiger partial charge is 0.315 e. The fourth-order valence-corrected chi connectivity index (χ4v) is 2.22. The molecule has 1 atom stereocenters. The number of rotatable bonds is 3.